The van der Waals surface area contributed by atoms with Gasteiger partial charge in [0.15, 0.2) is 0 Å². The van der Waals surface area contributed by atoms with E-state index in [-0.39, 0.29) is 0 Å². The van der Waals surface area contributed by atoms with Gasteiger partial charge in [0.2, 0.25) is 0 Å². The molecule has 3 nitrogen and oxygen atoms in total. The summed E-state index contributed by atoms with van der Waals surface area (Å²) < 4.78 is 2.13. The van der Waals surface area contributed by atoms with E-state index in [4.69, 9.17) is 0 Å². The third kappa shape index (κ3) is 2.67. The summed E-state index contributed by atoms with van der Waals surface area (Å²) in [5, 5.41) is 9.16. The summed E-state index contributed by atoms with van der Waals surface area (Å²) in [5.41, 5.74) is 1.23. The van der Waals surface area contributed by atoms with Crippen LogP contribution in [0.3, 0.4) is 0 Å². The summed E-state index contributed by atoms with van der Waals surface area (Å²) in [4.78, 5) is 0. The second kappa shape index (κ2) is 5.32. The highest BCUT2D eigenvalue weighted by atomic mass is 15.3. The van der Waals surface area contributed by atoms with Crippen LogP contribution in [0.5, 0.6) is 0 Å². The molecule has 1 aromatic carbocycles. The molecule has 17 heavy (non-hydrogen) atoms. The molecule has 3 heteroatoms. The van der Waals surface area contributed by atoms with E-state index >= 15 is 0 Å². The Balaban J connectivity index is 2.16. The number of nitrogens with zero attached hydrogens (tertiary/aromatic N) is 2. The Hall–Kier alpha value is -1.35. The smallest absolute Gasteiger partial charge is 0.0685 e. The summed E-state index contributed by atoms with van der Waals surface area (Å²) in [6, 6.07) is 9.32. The highest BCUT2D eigenvalue weighted by molar-refractivity contribution is 5.78. The van der Waals surface area contributed by atoms with Crippen LogP contribution in [0.2, 0.25) is 0 Å². The second-order valence-corrected chi connectivity index (χ2v) is 4.69. The van der Waals surface area contributed by atoms with Crippen molar-refractivity contribution in [2.24, 2.45) is 0 Å². The average molecular weight is 231 g/mol. The van der Waals surface area contributed by atoms with Crippen LogP contribution in [-0.2, 0) is 0 Å². The van der Waals surface area contributed by atoms with Crippen LogP contribution in [-0.4, -0.2) is 22.4 Å². The quantitative estimate of drug-likeness (QED) is 0.857. The predicted octanol–water partition coefficient (Wildman–Crippen LogP) is 2.99. The Labute approximate surface area is 103 Å². The maximum absolute atomic E-state index is 4.50. The zero-order valence-corrected chi connectivity index (χ0v) is 10.9. The van der Waals surface area contributed by atoms with E-state index in [0.29, 0.717) is 12.1 Å². The Morgan fingerprint density at radius 2 is 2.06 bits per heavy atom. The minimum Gasteiger partial charge on any atom is -0.314 e. The van der Waals surface area contributed by atoms with Gasteiger partial charge in [-0.25, -0.2) is 0 Å². The Kier molecular flexibility index (Phi) is 3.79. The number of fused-ring (bicyclic) bond motifs is 1. The summed E-state index contributed by atoms with van der Waals surface area (Å²) in [5.74, 6) is 0. The van der Waals surface area contributed by atoms with Gasteiger partial charge in [0.1, 0.15) is 0 Å². The number of hydrogen-bond donors (Lipinski definition) is 1. The first-order chi connectivity index (χ1) is 8.22. The van der Waals surface area contributed by atoms with E-state index in [2.05, 4.69) is 60.1 Å². The molecular weight excluding hydrogens is 210 g/mol. The van der Waals surface area contributed by atoms with Crippen molar-refractivity contribution in [1.29, 1.82) is 0 Å². The molecule has 0 aliphatic heterocycles. The van der Waals surface area contributed by atoms with Gasteiger partial charge >= 0.3 is 0 Å². The third-order valence-corrected chi connectivity index (χ3v) is 3.17. The molecule has 0 spiro atoms. The van der Waals surface area contributed by atoms with Crippen molar-refractivity contribution in [3.63, 3.8) is 0 Å². The van der Waals surface area contributed by atoms with E-state index in [9.17, 15) is 0 Å². The van der Waals surface area contributed by atoms with Crippen molar-refractivity contribution in [3.05, 3.63) is 30.5 Å². The summed E-state index contributed by atoms with van der Waals surface area (Å²) in [6.07, 6.45) is 3.04. The van der Waals surface area contributed by atoms with Crippen LogP contribution in [0.1, 0.15) is 33.2 Å². The summed E-state index contributed by atoms with van der Waals surface area (Å²) in [7, 11) is 0. The van der Waals surface area contributed by atoms with Crippen LogP contribution in [0.4, 0.5) is 0 Å². The molecule has 0 bridgehead atoms. The Morgan fingerprint density at radius 1 is 1.29 bits per heavy atom. The first-order valence-electron chi connectivity index (χ1n) is 6.38. The van der Waals surface area contributed by atoms with Gasteiger partial charge in [0, 0.05) is 11.4 Å². The number of hydrogen-bond acceptors (Lipinski definition) is 2. The van der Waals surface area contributed by atoms with E-state index in [1.807, 2.05) is 6.20 Å². The number of para-hydroxylation sites is 1. The molecule has 0 aliphatic carbocycles. The van der Waals surface area contributed by atoms with Crippen molar-refractivity contribution in [1.82, 2.24) is 15.1 Å². The standard InChI is InChI=1S/C14H21N3/c1-4-15-11(2)9-12(3)17-14-8-6-5-7-13(14)10-16-17/h5-8,10-12,15H,4,9H2,1-3H3. The molecule has 1 heterocycles. The highest BCUT2D eigenvalue weighted by Gasteiger charge is 2.12. The average Bonchev–Trinajstić information content (AvgIpc) is 2.72. The zero-order chi connectivity index (χ0) is 12.3. The number of benzene rings is 1. The number of rotatable bonds is 5. The molecule has 0 fully saturated rings. The van der Waals surface area contributed by atoms with Gasteiger partial charge in [-0.15, -0.1) is 0 Å². The Bertz CT molecular complexity index is 475. The monoisotopic (exact) mass is 231 g/mol. The molecule has 2 unspecified atom stereocenters. The lowest BCUT2D eigenvalue weighted by Gasteiger charge is -2.19. The van der Waals surface area contributed by atoms with Crippen molar-refractivity contribution in [3.8, 4) is 0 Å². The molecule has 2 rings (SSSR count). The first kappa shape index (κ1) is 12.1. The van der Waals surface area contributed by atoms with E-state index < -0.39 is 0 Å². The van der Waals surface area contributed by atoms with Gasteiger partial charge in [-0.05, 0) is 32.9 Å². The largest absolute Gasteiger partial charge is 0.314 e. The molecule has 0 aliphatic rings. The maximum atomic E-state index is 4.50. The fourth-order valence-corrected chi connectivity index (χ4v) is 2.39. The molecule has 0 saturated heterocycles. The lowest BCUT2D eigenvalue weighted by Crippen LogP contribution is -2.28. The van der Waals surface area contributed by atoms with Crippen LogP contribution in [0.25, 0.3) is 10.9 Å². The van der Waals surface area contributed by atoms with Crippen molar-refractivity contribution >= 4 is 10.9 Å². The van der Waals surface area contributed by atoms with Crippen LogP contribution in [0.15, 0.2) is 30.5 Å². The fraction of sp³-hybridized carbons (Fsp3) is 0.500. The number of aromatic nitrogens is 2. The predicted molar refractivity (Wildman–Crippen MR) is 72.2 cm³/mol. The second-order valence-electron chi connectivity index (χ2n) is 4.69. The van der Waals surface area contributed by atoms with Gasteiger partial charge in [-0.3, -0.25) is 4.68 Å². The third-order valence-electron chi connectivity index (χ3n) is 3.17. The summed E-state index contributed by atoms with van der Waals surface area (Å²) in [6.45, 7) is 7.62. The topological polar surface area (TPSA) is 29.9 Å². The van der Waals surface area contributed by atoms with Gasteiger partial charge in [0.05, 0.1) is 17.8 Å². The lowest BCUT2D eigenvalue weighted by molar-refractivity contribution is 0.402. The van der Waals surface area contributed by atoms with E-state index in [1.165, 1.54) is 10.9 Å². The fourth-order valence-electron chi connectivity index (χ4n) is 2.39. The van der Waals surface area contributed by atoms with Gasteiger partial charge in [0.25, 0.3) is 0 Å². The molecule has 2 aromatic rings. The normalized spacial score (nSPS) is 15.0. The van der Waals surface area contributed by atoms with Gasteiger partial charge in [-0.2, -0.15) is 5.10 Å². The molecule has 2 atom stereocenters. The molecule has 1 aromatic heterocycles. The van der Waals surface area contributed by atoms with Crippen molar-refractivity contribution in [2.75, 3.05) is 6.54 Å². The number of nitrogens with one attached hydrogen (secondary N) is 1. The van der Waals surface area contributed by atoms with Crippen molar-refractivity contribution in [2.45, 2.75) is 39.3 Å². The van der Waals surface area contributed by atoms with Crippen LogP contribution < -0.4 is 5.32 Å². The molecule has 0 saturated carbocycles. The molecule has 0 radical (unpaired) electrons. The zero-order valence-electron chi connectivity index (χ0n) is 10.9. The highest BCUT2D eigenvalue weighted by Crippen LogP contribution is 2.20. The maximum Gasteiger partial charge on any atom is 0.0685 e. The van der Waals surface area contributed by atoms with Crippen LogP contribution >= 0.6 is 0 Å². The van der Waals surface area contributed by atoms with E-state index in [0.717, 1.165) is 13.0 Å². The Morgan fingerprint density at radius 3 is 2.82 bits per heavy atom. The molecule has 0 amide bonds. The molecule has 1 N–H and O–H groups in total. The van der Waals surface area contributed by atoms with Crippen LogP contribution in [0, 0.1) is 0 Å². The van der Waals surface area contributed by atoms with Crippen molar-refractivity contribution < 1.29 is 0 Å². The minimum absolute atomic E-state index is 0.420. The van der Waals surface area contributed by atoms with E-state index in [1.54, 1.807) is 0 Å². The summed E-state index contributed by atoms with van der Waals surface area (Å²) >= 11 is 0. The molecular formula is C14H21N3. The van der Waals surface area contributed by atoms with Gasteiger partial charge in [-0.1, -0.05) is 25.1 Å². The molecule has 92 valence electrons. The SMILES string of the molecule is CCNC(C)CC(C)n1ncc2ccccc21. The first-order valence-corrected chi connectivity index (χ1v) is 6.38. The lowest BCUT2D eigenvalue weighted by atomic mass is 10.1. The minimum atomic E-state index is 0.420. The van der Waals surface area contributed by atoms with Gasteiger partial charge < -0.3 is 5.32 Å².